The van der Waals surface area contributed by atoms with Crippen LogP contribution in [0.3, 0.4) is 0 Å². The van der Waals surface area contributed by atoms with E-state index >= 15 is 8.78 Å². The van der Waals surface area contributed by atoms with Crippen molar-refractivity contribution >= 4 is 34.3 Å². The van der Waals surface area contributed by atoms with E-state index in [0.717, 1.165) is 49.7 Å². The number of Topliss-reactive ketones (excluding diaryl/α,β-unsaturated/α-hetero) is 2. The standard InChI is InChI=1S/C48H53FO9.C37H45FO9/c1-3-41-47(58-44(51)26-23-34(2)50)45(49)48(57-41)56-33-43(54-30-36-17-9-5-10-18-36)46(55-31-37-19-11-6-12-20-37)42(53-29-35-15-7-4-8-16-35)32-52-28-38-24-25-39-21-13-14-22-40(39)27-38;1-3-30-36(47-33(41)20-19-26(2)40)34(38)37(46-30)45-25-32(43-23-28-15-9-5-10-16-28)35(44-24-29-17-11-6-12-18-29)31(21-39)42-22-27-13-7-4-8-14-27/h4-22,24-25,27,41-43,45-48H,3,23,26,28-33H2,1-2H3;4-18,30-32,34-37,39H,3,19-25H2,1-2H3/t41-,42?,43?,45+,46?,47?,48-;30-,31?,32?,34+,35?,36?,37-/m11/s1. The van der Waals surface area contributed by atoms with Crippen LogP contribution in [0.15, 0.2) is 224 Å². The van der Waals surface area contributed by atoms with Gasteiger partial charge in [-0.25, -0.2) is 8.78 Å². The van der Waals surface area contributed by atoms with Gasteiger partial charge >= 0.3 is 11.9 Å². The Balaban J connectivity index is 0.000000249. The van der Waals surface area contributed by atoms with Crippen LogP contribution in [0, 0.1) is 0 Å². The van der Waals surface area contributed by atoms with Crippen molar-refractivity contribution in [1.29, 1.82) is 0 Å². The maximum atomic E-state index is 16.1. The summed E-state index contributed by atoms with van der Waals surface area (Å²) in [6.07, 6.45) is -14.3. The van der Waals surface area contributed by atoms with Crippen molar-refractivity contribution < 1.29 is 94.6 Å². The maximum Gasteiger partial charge on any atom is 0.306 e. The van der Waals surface area contributed by atoms with Crippen LogP contribution in [-0.2, 0) is 127 Å². The number of esters is 2. The number of fused-ring (bicyclic) bond motifs is 1. The predicted octanol–water partition coefficient (Wildman–Crippen LogP) is 14.4. The third kappa shape index (κ3) is 26.6. The van der Waals surface area contributed by atoms with Crippen molar-refractivity contribution in [3.63, 3.8) is 0 Å². The molecule has 20 heteroatoms. The zero-order chi connectivity index (χ0) is 74.0. The monoisotopic (exact) mass is 1440 g/mol. The van der Waals surface area contributed by atoms with Crippen LogP contribution in [0.1, 0.15) is 105 Å². The van der Waals surface area contributed by atoms with E-state index in [2.05, 4.69) is 30.3 Å². The summed E-state index contributed by atoms with van der Waals surface area (Å²) in [4.78, 5) is 47.7. The Morgan fingerprint density at radius 1 is 0.381 bits per heavy atom. The summed E-state index contributed by atoms with van der Waals surface area (Å²) in [5, 5.41) is 12.8. The summed E-state index contributed by atoms with van der Waals surface area (Å²) in [7, 11) is 0. The highest BCUT2D eigenvalue weighted by Gasteiger charge is 2.50. The summed E-state index contributed by atoms with van der Waals surface area (Å²) in [5.74, 6) is -1.64. The summed E-state index contributed by atoms with van der Waals surface area (Å²) in [5.41, 5.74) is 6.56. The number of alkyl halides is 2. The number of rotatable bonds is 43. The van der Waals surface area contributed by atoms with E-state index in [0.29, 0.717) is 19.4 Å². The molecular weight excluding hydrogens is 1350 g/mol. The maximum absolute atomic E-state index is 16.1. The van der Waals surface area contributed by atoms with E-state index in [1.54, 1.807) is 6.92 Å². The van der Waals surface area contributed by atoms with Crippen molar-refractivity contribution in [3.05, 3.63) is 263 Å². The Bertz CT molecular complexity index is 3790. The normalized spacial score (nSPS) is 20.2. The zero-order valence-corrected chi connectivity index (χ0v) is 60.1. The SMILES string of the molecule is CC[C@H]1O[C@@H](OCC(OCc2ccccc2)C(OCc2ccccc2)C(CO)OCc2ccccc2)[C@@H](F)C1OC(=O)CCC(C)=O.CC[C@H]1O[C@@H](OCC(OCc2ccccc2)C(OCc2ccccc2)C(COCc2ccc3ccccc3c2)OCc2ccccc2)[C@@H](F)C1OC(=O)CCC(C)=O. The Hall–Kier alpha value is -8.32. The Kier molecular flexibility index (Phi) is 33.8. The van der Waals surface area contributed by atoms with Gasteiger partial charge in [-0.05, 0) is 82.5 Å². The molecule has 2 aliphatic heterocycles. The average Bonchev–Trinajstić information content (AvgIpc) is 1.72. The topological polar surface area (TPSA) is 208 Å². The van der Waals surface area contributed by atoms with Crippen LogP contribution in [0.2, 0.25) is 0 Å². The van der Waals surface area contributed by atoms with E-state index in [4.69, 9.17) is 61.6 Å². The molecule has 8 aromatic rings. The number of ether oxygens (including phenoxy) is 13. The van der Waals surface area contributed by atoms with Crippen LogP contribution < -0.4 is 0 Å². The molecule has 0 aliphatic carbocycles. The van der Waals surface area contributed by atoms with Gasteiger partial charge in [-0.3, -0.25) is 9.59 Å². The average molecular weight is 1450 g/mol. The summed E-state index contributed by atoms with van der Waals surface area (Å²) < 4.78 is 112. The molecule has 560 valence electrons. The number of ketones is 2. The van der Waals surface area contributed by atoms with Crippen LogP contribution in [-0.4, -0.2) is 141 Å². The highest BCUT2D eigenvalue weighted by molar-refractivity contribution is 5.83. The van der Waals surface area contributed by atoms with E-state index < -0.39 is 97.9 Å². The molecule has 105 heavy (non-hydrogen) atoms. The molecule has 2 fully saturated rings. The molecule has 0 aromatic heterocycles. The van der Waals surface area contributed by atoms with Gasteiger partial charge in [-0.15, -0.1) is 0 Å². The molecule has 0 radical (unpaired) electrons. The lowest BCUT2D eigenvalue weighted by molar-refractivity contribution is -0.212. The van der Waals surface area contributed by atoms with Crippen LogP contribution in [0.5, 0.6) is 0 Å². The van der Waals surface area contributed by atoms with Crippen LogP contribution >= 0.6 is 0 Å². The first kappa shape index (κ1) is 80.8. The van der Waals surface area contributed by atoms with Gasteiger partial charge in [0.2, 0.25) is 0 Å². The van der Waals surface area contributed by atoms with Crippen molar-refractivity contribution in [2.24, 2.45) is 0 Å². The second kappa shape index (κ2) is 44.0. The molecule has 2 saturated heterocycles. The van der Waals surface area contributed by atoms with E-state index in [9.17, 15) is 24.3 Å². The van der Waals surface area contributed by atoms with Crippen LogP contribution in [0.25, 0.3) is 10.8 Å². The molecule has 8 unspecified atom stereocenters. The number of aliphatic hydroxyl groups is 1. The zero-order valence-electron chi connectivity index (χ0n) is 60.1. The fraction of sp³-hybridized carbons (Fsp3) is 0.412. The minimum absolute atomic E-state index is 0.0171. The molecule has 2 aliphatic rings. The molecule has 0 spiro atoms. The quantitative estimate of drug-likeness (QED) is 0.0352. The predicted molar refractivity (Wildman–Crippen MR) is 390 cm³/mol. The molecule has 0 saturated carbocycles. The lowest BCUT2D eigenvalue weighted by Gasteiger charge is -2.34. The second-order valence-electron chi connectivity index (χ2n) is 26.0. The molecule has 1 N–H and O–H groups in total. The Labute approximate surface area is 614 Å². The summed E-state index contributed by atoms with van der Waals surface area (Å²) in [6, 6.07) is 72.5. The summed E-state index contributed by atoms with van der Waals surface area (Å²) >= 11 is 0. The number of carbonyl (C=O) groups excluding carboxylic acids is 4. The third-order valence-electron chi connectivity index (χ3n) is 17.9. The number of carbonyl (C=O) groups is 4. The van der Waals surface area contributed by atoms with Gasteiger partial charge in [0.25, 0.3) is 0 Å². The van der Waals surface area contributed by atoms with Gasteiger partial charge in [-0.2, -0.15) is 0 Å². The smallest absolute Gasteiger partial charge is 0.306 e. The minimum Gasteiger partial charge on any atom is -0.456 e. The first-order chi connectivity index (χ1) is 51.2. The number of hydrogen-bond donors (Lipinski definition) is 1. The minimum atomic E-state index is -1.78. The molecule has 2 heterocycles. The van der Waals surface area contributed by atoms with Gasteiger partial charge in [-0.1, -0.05) is 232 Å². The third-order valence-corrected chi connectivity index (χ3v) is 17.9. The van der Waals surface area contributed by atoms with E-state index in [1.165, 1.54) is 13.8 Å². The van der Waals surface area contributed by atoms with Crippen molar-refractivity contribution in [2.75, 3.05) is 26.4 Å². The van der Waals surface area contributed by atoms with E-state index in [1.807, 2.05) is 201 Å². The van der Waals surface area contributed by atoms with Gasteiger partial charge in [0.15, 0.2) is 37.1 Å². The van der Waals surface area contributed by atoms with Crippen molar-refractivity contribution in [1.82, 2.24) is 0 Å². The second-order valence-corrected chi connectivity index (χ2v) is 26.0. The molecule has 10 rings (SSSR count). The fourth-order valence-corrected chi connectivity index (χ4v) is 12.1. The molecule has 0 bridgehead atoms. The molecule has 14 atom stereocenters. The first-order valence-electron chi connectivity index (χ1n) is 36.0. The molecule has 0 amide bonds. The van der Waals surface area contributed by atoms with E-state index in [-0.39, 0.29) is 103 Å². The highest BCUT2D eigenvalue weighted by atomic mass is 19.1. The summed E-state index contributed by atoms with van der Waals surface area (Å²) in [6.45, 7) is 7.49. The Morgan fingerprint density at radius 2 is 0.705 bits per heavy atom. The van der Waals surface area contributed by atoms with Gasteiger partial charge < -0.3 is 76.3 Å². The Morgan fingerprint density at radius 3 is 1.06 bits per heavy atom. The number of hydrogen-bond acceptors (Lipinski definition) is 18. The van der Waals surface area contributed by atoms with Crippen LogP contribution in [0.4, 0.5) is 8.78 Å². The number of benzene rings is 8. The van der Waals surface area contributed by atoms with Crippen molar-refractivity contribution in [3.8, 4) is 0 Å². The molecule has 18 nitrogen and oxygen atoms in total. The molecule has 8 aromatic carbocycles. The molecular formula is C85H98F2O18. The lowest BCUT2D eigenvalue weighted by Crippen LogP contribution is -2.48. The van der Waals surface area contributed by atoms with Gasteiger partial charge in [0.05, 0.1) is 85.5 Å². The fourth-order valence-electron chi connectivity index (χ4n) is 12.1. The largest absolute Gasteiger partial charge is 0.456 e. The number of halogens is 2. The van der Waals surface area contributed by atoms with Gasteiger partial charge in [0.1, 0.15) is 60.4 Å². The highest BCUT2D eigenvalue weighted by Crippen LogP contribution is 2.33. The number of aliphatic hydroxyl groups excluding tert-OH is 1. The lowest BCUT2D eigenvalue weighted by atomic mass is 10.1. The van der Waals surface area contributed by atoms with Gasteiger partial charge in [0, 0.05) is 12.8 Å². The first-order valence-corrected chi connectivity index (χ1v) is 36.0. The van der Waals surface area contributed by atoms with Crippen molar-refractivity contribution in [2.45, 2.75) is 198 Å².